The van der Waals surface area contributed by atoms with Gasteiger partial charge in [-0.05, 0) is 23.8 Å². The van der Waals surface area contributed by atoms with Crippen LogP contribution in [0.1, 0.15) is 15.9 Å². The fourth-order valence-electron chi connectivity index (χ4n) is 3.03. The third-order valence-corrected chi connectivity index (χ3v) is 4.35. The quantitative estimate of drug-likeness (QED) is 0.634. The zero-order valence-electron chi connectivity index (χ0n) is 13.8. The van der Waals surface area contributed by atoms with E-state index in [-0.39, 0.29) is 12.6 Å². The number of rotatable bonds is 4. The van der Waals surface area contributed by atoms with Gasteiger partial charge in [0.1, 0.15) is 0 Å². The van der Waals surface area contributed by atoms with Gasteiger partial charge in [0.2, 0.25) is 6.79 Å². The standard InChI is InChI=1S/C20H19NO4/c22-18(16-6-7-19-20(12-16)25-14-24-19)13-17(15-4-2-1-3-5-15)21-8-10-23-11-9-21/h1-7,12-13H,8-11,14H2/b17-13-. The molecule has 25 heavy (non-hydrogen) atoms. The number of carbonyl (C=O) groups is 1. The minimum Gasteiger partial charge on any atom is -0.454 e. The predicted molar refractivity (Wildman–Crippen MR) is 93.7 cm³/mol. The molecule has 0 unspecified atom stereocenters. The van der Waals surface area contributed by atoms with Crippen molar-refractivity contribution >= 4 is 11.5 Å². The molecule has 0 atom stereocenters. The van der Waals surface area contributed by atoms with Crippen molar-refractivity contribution in [2.45, 2.75) is 0 Å². The first-order chi connectivity index (χ1) is 12.3. The lowest BCUT2D eigenvalue weighted by atomic mass is 10.0. The number of hydrogen-bond donors (Lipinski definition) is 0. The summed E-state index contributed by atoms with van der Waals surface area (Å²) in [5.41, 5.74) is 2.54. The van der Waals surface area contributed by atoms with Crippen molar-refractivity contribution < 1.29 is 19.0 Å². The second kappa shape index (κ2) is 6.99. The number of allylic oxidation sites excluding steroid dienone is 1. The maximum absolute atomic E-state index is 12.8. The van der Waals surface area contributed by atoms with E-state index in [2.05, 4.69) is 4.90 Å². The first kappa shape index (κ1) is 15.7. The van der Waals surface area contributed by atoms with Crippen LogP contribution in [0.5, 0.6) is 11.5 Å². The van der Waals surface area contributed by atoms with E-state index in [0.29, 0.717) is 30.3 Å². The Morgan fingerprint density at radius 1 is 0.920 bits per heavy atom. The van der Waals surface area contributed by atoms with Crippen LogP contribution in [0.3, 0.4) is 0 Å². The van der Waals surface area contributed by atoms with Gasteiger partial charge in [-0.2, -0.15) is 0 Å². The fourth-order valence-corrected chi connectivity index (χ4v) is 3.03. The molecule has 1 fully saturated rings. The summed E-state index contributed by atoms with van der Waals surface area (Å²) in [6, 6.07) is 15.3. The summed E-state index contributed by atoms with van der Waals surface area (Å²) >= 11 is 0. The molecule has 128 valence electrons. The van der Waals surface area contributed by atoms with Gasteiger partial charge >= 0.3 is 0 Å². The topological polar surface area (TPSA) is 48.0 Å². The van der Waals surface area contributed by atoms with Gasteiger partial charge < -0.3 is 19.1 Å². The summed E-state index contributed by atoms with van der Waals surface area (Å²) in [6.45, 7) is 3.08. The first-order valence-electron chi connectivity index (χ1n) is 8.35. The summed E-state index contributed by atoms with van der Waals surface area (Å²) in [5.74, 6) is 1.24. The Labute approximate surface area is 146 Å². The molecule has 4 rings (SSSR count). The molecule has 2 heterocycles. The van der Waals surface area contributed by atoms with Crippen LogP contribution in [0.2, 0.25) is 0 Å². The second-order valence-electron chi connectivity index (χ2n) is 5.93. The van der Waals surface area contributed by atoms with Crippen molar-refractivity contribution in [3.63, 3.8) is 0 Å². The number of fused-ring (bicyclic) bond motifs is 1. The molecule has 0 bridgehead atoms. The SMILES string of the molecule is O=C(/C=C(/c1ccccc1)N1CCOCC1)c1ccc2c(c1)OCO2. The Kier molecular flexibility index (Phi) is 4.39. The largest absolute Gasteiger partial charge is 0.454 e. The van der Waals surface area contributed by atoms with Gasteiger partial charge in [0.05, 0.1) is 13.2 Å². The average Bonchev–Trinajstić information content (AvgIpc) is 3.15. The number of hydrogen-bond acceptors (Lipinski definition) is 5. The van der Waals surface area contributed by atoms with Gasteiger partial charge in [0.25, 0.3) is 0 Å². The molecule has 2 aliphatic rings. The van der Waals surface area contributed by atoms with E-state index in [9.17, 15) is 4.79 Å². The van der Waals surface area contributed by atoms with E-state index in [1.165, 1.54) is 0 Å². The van der Waals surface area contributed by atoms with E-state index >= 15 is 0 Å². The van der Waals surface area contributed by atoms with Gasteiger partial charge in [0.15, 0.2) is 17.3 Å². The van der Waals surface area contributed by atoms with Crippen LogP contribution >= 0.6 is 0 Å². The van der Waals surface area contributed by atoms with Crippen LogP contribution in [-0.2, 0) is 4.74 Å². The Morgan fingerprint density at radius 3 is 2.48 bits per heavy atom. The molecule has 2 aliphatic heterocycles. The molecule has 2 aromatic rings. The minimum atomic E-state index is -0.0522. The lowest BCUT2D eigenvalue weighted by Gasteiger charge is -2.31. The smallest absolute Gasteiger partial charge is 0.231 e. The van der Waals surface area contributed by atoms with Crippen LogP contribution in [0.15, 0.2) is 54.6 Å². The Bertz CT molecular complexity index is 795. The normalized spacial score (nSPS) is 16.8. The van der Waals surface area contributed by atoms with Gasteiger partial charge in [-0.25, -0.2) is 0 Å². The zero-order valence-corrected chi connectivity index (χ0v) is 13.8. The number of carbonyl (C=O) groups excluding carboxylic acids is 1. The van der Waals surface area contributed by atoms with Crippen molar-refractivity contribution in [1.82, 2.24) is 4.90 Å². The maximum atomic E-state index is 12.8. The lowest BCUT2D eigenvalue weighted by molar-refractivity contribution is 0.0637. The Morgan fingerprint density at radius 2 is 1.68 bits per heavy atom. The molecule has 2 aromatic carbocycles. The van der Waals surface area contributed by atoms with Crippen molar-refractivity contribution in [2.75, 3.05) is 33.1 Å². The van der Waals surface area contributed by atoms with Crippen molar-refractivity contribution in [1.29, 1.82) is 0 Å². The number of morpholine rings is 1. The summed E-state index contributed by atoms with van der Waals surface area (Å²) in [5, 5.41) is 0. The number of benzene rings is 2. The van der Waals surface area contributed by atoms with Crippen LogP contribution in [-0.4, -0.2) is 43.8 Å². The highest BCUT2D eigenvalue weighted by atomic mass is 16.7. The Balaban J connectivity index is 1.67. The number of nitrogens with zero attached hydrogens (tertiary/aromatic N) is 1. The van der Waals surface area contributed by atoms with Gasteiger partial charge in [-0.1, -0.05) is 30.3 Å². The molecule has 0 aliphatic carbocycles. The molecule has 5 nitrogen and oxygen atoms in total. The fraction of sp³-hybridized carbons (Fsp3) is 0.250. The maximum Gasteiger partial charge on any atom is 0.231 e. The lowest BCUT2D eigenvalue weighted by Crippen LogP contribution is -2.35. The van der Waals surface area contributed by atoms with Crippen LogP contribution < -0.4 is 9.47 Å². The molecule has 5 heteroatoms. The van der Waals surface area contributed by atoms with E-state index in [4.69, 9.17) is 14.2 Å². The summed E-state index contributed by atoms with van der Waals surface area (Å²) in [4.78, 5) is 15.0. The average molecular weight is 337 g/mol. The van der Waals surface area contributed by atoms with Gasteiger partial charge in [0, 0.05) is 30.4 Å². The predicted octanol–water partition coefficient (Wildman–Crippen LogP) is 2.97. The molecule has 0 aromatic heterocycles. The highest BCUT2D eigenvalue weighted by molar-refractivity contribution is 6.08. The van der Waals surface area contributed by atoms with Crippen molar-refractivity contribution in [3.05, 3.63) is 65.7 Å². The van der Waals surface area contributed by atoms with Crippen molar-refractivity contribution in [2.24, 2.45) is 0 Å². The van der Waals surface area contributed by atoms with Crippen LogP contribution in [0.25, 0.3) is 5.70 Å². The third kappa shape index (κ3) is 3.37. The van der Waals surface area contributed by atoms with Gasteiger partial charge in [-0.3, -0.25) is 4.79 Å². The third-order valence-electron chi connectivity index (χ3n) is 4.35. The number of ketones is 1. The molecule has 1 saturated heterocycles. The first-order valence-corrected chi connectivity index (χ1v) is 8.35. The molecular formula is C20H19NO4. The minimum absolute atomic E-state index is 0.0522. The van der Waals surface area contributed by atoms with E-state index in [1.54, 1.807) is 24.3 Å². The molecule has 0 saturated carbocycles. The van der Waals surface area contributed by atoms with Crippen molar-refractivity contribution in [3.8, 4) is 11.5 Å². The highest BCUT2D eigenvalue weighted by Gasteiger charge is 2.19. The van der Waals surface area contributed by atoms with Crippen LogP contribution in [0.4, 0.5) is 0 Å². The molecule has 0 radical (unpaired) electrons. The van der Waals surface area contributed by atoms with E-state index < -0.39 is 0 Å². The molecule has 0 amide bonds. The number of ether oxygens (including phenoxy) is 3. The van der Waals surface area contributed by atoms with Gasteiger partial charge in [-0.15, -0.1) is 0 Å². The zero-order chi connectivity index (χ0) is 17.1. The highest BCUT2D eigenvalue weighted by Crippen LogP contribution is 2.33. The summed E-state index contributed by atoms with van der Waals surface area (Å²) in [6.07, 6.45) is 1.71. The van der Waals surface area contributed by atoms with E-state index in [1.807, 2.05) is 30.3 Å². The summed E-state index contributed by atoms with van der Waals surface area (Å²) in [7, 11) is 0. The van der Waals surface area contributed by atoms with Crippen LogP contribution in [0, 0.1) is 0 Å². The summed E-state index contributed by atoms with van der Waals surface area (Å²) < 4.78 is 16.1. The monoisotopic (exact) mass is 337 g/mol. The van der Waals surface area contributed by atoms with E-state index in [0.717, 1.165) is 24.4 Å². The molecule has 0 spiro atoms. The molecular weight excluding hydrogens is 318 g/mol. The Hall–Kier alpha value is -2.79. The molecule has 0 N–H and O–H groups in total. The second-order valence-corrected chi connectivity index (χ2v) is 5.93.